The van der Waals surface area contributed by atoms with Crippen molar-refractivity contribution >= 4 is 11.8 Å². The highest BCUT2D eigenvalue weighted by molar-refractivity contribution is 7.98. The second-order valence-corrected chi connectivity index (χ2v) is 6.08. The molecule has 1 heterocycles. The van der Waals surface area contributed by atoms with Crippen LogP contribution in [-0.2, 0) is 0 Å². The average Bonchev–Trinajstić information content (AvgIpc) is 2.26. The summed E-state index contributed by atoms with van der Waals surface area (Å²) in [5.41, 5.74) is -0.298. The van der Waals surface area contributed by atoms with Crippen LogP contribution in [0.1, 0.15) is 32.1 Å². The minimum atomic E-state index is -0.298. The monoisotopic (exact) mass is 229 g/mol. The van der Waals surface area contributed by atoms with E-state index < -0.39 is 0 Å². The highest BCUT2D eigenvalue weighted by atomic mass is 32.2. The second-order valence-electron chi connectivity index (χ2n) is 5.09. The Hall–Kier alpha value is 0.270. The van der Waals surface area contributed by atoms with Crippen LogP contribution in [-0.4, -0.2) is 47.3 Å². The standard InChI is InChI=1S/C12H23NOS/c1-15-9-8-13-7-6-12(14)5-3-2-4-11(12)10-13/h11,14H,2-10H2,1H3. The van der Waals surface area contributed by atoms with Crippen molar-refractivity contribution in [1.29, 1.82) is 0 Å². The molecule has 1 N–H and O–H groups in total. The predicted octanol–water partition coefficient (Wildman–Crippen LogP) is 1.98. The van der Waals surface area contributed by atoms with E-state index in [4.69, 9.17) is 0 Å². The molecule has 15 heavy (non-hydrogen) atoms. The van der Waals surface area contributed by atoms with Crippen LogP contribution in [0.2, 0.25) is 0 Å². The summed E-state index contributed by atoms with van der Waals surface area (Å²) in [4.78, 5) is 2.54. The molecule has 0 bridgehead atoms. The topological polar surface area (TPSA) is 23.5 Å². The zero-order valence-corrected chi connectivity index (χ0v) is 10.6. The highest BCUT2D eigenvalue weighted by Gasteiger charge is 2.42. The fourth-order valence-electron chi connectivity index (χ4n) is 3.06. The number of aliphatic hydroxyl groups is 1. The molecule has 2 unspecified atom stereocenters. The SMILES string of the molecule is CSCCN1CCC2(O)CCCCC2C1. The highest BCUT2D eigenvalue weighted by Crippen LogP contribution is 2.39. The van der Waals surface area contributed by atoms with Gasteiger partial charge in [0.15, 0.2) is 0 Å². The fraction of sp³-hybridized carbons (Fsp3) is 1.00. The Bertz CT molecular complexity index is 212. The van der Waals surface area contributed by atoms with Crippen molar-refractivity contribution in [2.45, 2.75) is 37.7 Å². The predicted molar refractivity (Wildman–Crippen MR) is 66.3 cm³/mol. The first-order valence-corrected chi connectivity index (χ1v) is 7.58. The van der Waals surface area contributed by atoms with Gasteiger partial charge in [-0.1, -0.05) is 12.8 Å². The third-order valence-electron chi connectivity index (χ3n) is 4.12. The number of thioether (sulfide) groups is 1. The van der Waals surface area contributed by atoms with E-state index in [1.54, 1.807) is 0 Å². The Morgan fingerprint density at radius 1 is 1.40 bits per heavy atom. The van der Waals surface area contributed by atoms with Crippen LogP contribution in [0.5, 0.6) is 0 Å². The van der Waals surface area contributed by atoms with Gasteiger partial charge in [0.05, 0.1) is 5.60 Å². The lowest BCUT2D eigenvalue weighted by Crippen LogP contribution is -2.53. The average molecular weight is 229 g/mol. The Kier molecular flexibility index (Phi) is 3.97. The molecule has 2 aliphatic rings. The number of fused-ring (bicyclic) bond motifs is 1. The molecule has 88 valence electrons. The first-order valence-electron chi connectivity index (χ1n) is 6.18. The molecular formula is C12H23NOS. The van der Waals surface area contributed by atoms with Crippen molar-refractivity contribution in [3.05, 3.63) is 0 Å². The van der Waals surface area contributed by atoms with E-state index in [1.165, 1.54) is 31.6 Å². The van der Waals surface area contributed by atoms with Crippen LogP contribution in [0.25, 0.3) is 0 Å². The fourth-order valence-corrected chi connectivity index (χ4v) is 3.50. The van der Waals surface area contributed by atoms with Gasteiger partial charge in [0, 0.05) is 31.3 Å². The molecule has 0 amide bonds. The minimum Gasteiger partial charge on any atom is -0.390 e. The first-order chi connectivity index (χ1) is 7.24. The second kappa shape index (κ2) is 5.07. The van der Waals surface area contributed by atoms with Crippen LogP contribution in [0, 0.1) is 5.92 Å². The van der Waals surface area contributed by atoms with E-state index in [2.05, 4.69) is 11.2 Å². The van der Waals surface area contributed by atoms with Gasteiger partial charge in [0.25, 0.3) is 0 Å². The Balaban J connectivity index is 1.87. The molecule has 1 saturated heterocycles. The van der Waals surface area contributed by atoms with Crippen molar-refractivity contribution in [3.8, 4) is 0 Å². The molecule has 3 heteroatoms. The van der Waals surface area contributed by atoms with Gasteiger partial charge < -0.3 is 10.0 Å². The maximum Gasteiger partial charge on any atom is 0.0700 e. The van der Waals surface area contributed by atoms with Gasteiger partial charge in [0.1, 0.15) is 0 Å². The van der Waals surface area contributed by atoms with Crippen molar-refractivity contribution in [2.75, 3.05) is 31.6 Å². The van der Waals surface area contributed by atoms with E-state index >= 15 is 0 Å². The summed E-state index contributed by atoms with van der Waals surface area (Å²) < 4.78 is 0. The maximum atomic E-state index is 10.5. The molecule has 1 aliphatic carbocycles. The van der Waals surface area contributed by atoms with E-state index in [0.717, 1.165) is 25.9 Å². The van der Waals surface area contributed by atoms with Crippen LogP contribution in [0.4, 0.5) is 0 Å². The number of piperidine rings is 1. The summed E-state index contributed by atoms with van der Waals surface area (Å²) in [7, 11) is 0. The normalized spacial score (nSPS) is 37.6. The van der Waals surface area contributed by atoms with Crippen LogP contribution in [0.3, 0.4) is 0 Å². The smallest absolute Gasteiger partial charge is 0.0700 e. The lowest BCUT2D eigenvalue weighted by Gasteiger charge is -2.47. The maximum absolute atomic E-state index is 10.5. The van der Waals surface area contributed by atoms with E-state index in [9.17, 15) is 5.11 Å². The summed E-state index contributed by atoms with van der Waals surface area (Å²) in [6.45, 7) is 3.44. The molecule has 0 spiro atoms. The molecule has 0 aromatic carbocycles. The van der Waals surface area contributed by atoms with Gasteiger partial charge in [-0.2, -0.15) is 11.8 Å². The largest absolute Gasteiger partial charge is 0.390 e. The Morgan fingerprint density at radius 2 is 2.27 bits per heavy atom. The summed E-state index contributed by atoms with van der Waals surface area (Å²) in [5, 5.41) is 10.5. The van der Waals surface area contributed by atoms with Gasteiger partial charge in [-0.3, -0.25) is 0 Å². The van der Waals surface area contributed by atoms with Gasteiger partial charge in [0.2, 0.25) is 0 Å². The molecule has 2 atom stereocenters. The van der Waals surface area contributed by atoms with Crippen LogP contribution >= 0.6 is 11.8 Å². The van der Waals surface area contributed by atoms with E-state index in [1.807, 2.05) is 11.8 Å². The molecule has 0 aromatic heterocycles. The summed E-state index contributed by atoms with van der Waals surface area (Å²) in [6, 6.07) is 0. The molecule has 2 nitrogen and oxygen atoms in total. The van der Waals surface area contributed by atoms with Crippen molar-refractivity contribution in [1.82, 2.24) is 4.90 Å². The number of nitrogens with zero attached hydrogens (tertiary/aromatic N) is 1. The van der Waals surface area contributed by atoms with Gasteiger partial charge in [-0.15, -0.1) is 0 Å². The zero-order chi connectivity index (χ0) is 10.7. The number of hydrogen-bond donors (Lipinski definition) is 1. The van der Waals surface area contributed by atoms with Crippen LogP contribution in [0.15, 0.2) is 0 Å². The zero-order valence-electron chi connectivity index (χ0n) is 9.74. The van der Waals surface area contributed by atoms with Crippen LogP contribution < -0.4 is 0 Å². The molecular weight excluding hydrogens is 206 g/mol. The van der Waals surface area contributed by atoms with E-state index in [-0.39, 0.29) is 5.60 Å². The Morgan fingerprint density at radius 3 is 3.07 bits per heavy atom. The molecule has 0 aromatic rings. The Labute approximate surface area is 97.4 Å². The quantitative estimate of drug-likeness (QED) is 0.800. The van der Waals surface area contributed by atoms with Crippen molar-refractivity contribution < 1.29 is 5.11 Å². The molecule has 1 aliphatic heterocycles. The van der Waals surface area contributed by atoms with E-state index in [0.29, 0.717) is 5.92 Å². The first kappa shape index (κ1) is 11.7. The number of likely N-dealkylation sites (tertiary alicyclic amines) is 1. The van der Waals surface area contributed by atoms with Crippen molar-refractivity contribution in [2.24, 2.45) is 5.92 Å². The summed E-state index contributed by atoms with van der Waals surface area (Å²) in [6.07, 6.45) is 8.02. The molecule has 1 saturated carbocycles. The van der Waals surface area contributed by atoms with Gasteiger partial charge in [-0.05, 0) is 25.5 Å². The third-order valence-corrected chi connectivity index (χ3v) is 4.71. The summed E-state index contributed by atoms with van der Waals surface area (Å²) in [5.74, 6) is 1.78. The number of hydrogen-bond acceptors (Lipinski definition) is 3. The van der Waals surface area contributed by atoms with Gasteiger partial charge in [-0.25, -0.2) is 0 Å². The lowest BCUT2D eigenvalue weighted by molar-refractivity contribution is -0.0941. The number of rotatable bonds is 3. The molecule has 2 fully saturated rings. The summed E-state index contributed by atoms with van der Waals surface area (Å²) >= 11 is 1.92. The molecule has 2 rings (SSSR count). The minimum absolute atomic E-state index is 0.298. The van der Waals surface area contributed by atoms with Gasteiger partial charge >= 0.3 is 0 Å². The van der Waals surface area contributed by atoms with Crippen molar-refractivity contribution in [3.63, 3.8) is 0 Å². The lowest BCUT2D eigenvalue weighted by atomic mass is 9.71. The molecule has 0 radical (unpaired) electrons. The third kappa shape index (κ3) is 2.69.